The lowest BCUT2D eigenvalue weighted by atomic mass is 9.95. The fraction of sp³-hybridized carbons (Fsp3) is 0.533. The molecule has 2 N–H and O–H groups in total. The molecule has 0 aliphatic heterocycles. The van der Waals surface area contributed by atoms with Crippen LogP contribution in [-0.4, -0.2) is 11.8 Å². The predicted octanol–water partition coefficient (Wildman–Crippen LogP) is 2.73. The highest BCUT2D eigenvalue weighted by molar-refractivity contribution is 6.00. The number of hydrogen-bond donors (Lipinski definition) is 1. The first kappa shape index (κ1) is 12.3. The summed E-state index contributed by atoms with van der Waals surface area (Å²) in [5, 5.41) is 0. The number of nitrogens with two attached hydrogens (primary N) is 1. The Morgan fingerprint density at radius 3 is 2.71 bits per heavy atom. The third kappa shape index (κ3) is 2.75. The van der Waals surface area contributed by atoms with E-state index in [0.717, 1.165) is 24.8 Å². The molecule has 0 saturated carbocycles. The van der Waals surface area contributed by atoms with Crippen molar-refractivity contribution in [3.8, 4) is 0 Å². The topological polar surface area (TPSA) is 43.1 Å². The third-order valence-electron chi connectivity index (χ3n) is 3.45. The minimum atomic E-state index is -0.352. The first-order valence-corrected chi connectivity index (χ1v) is 6.49. The Morgan fingerprint density at radius 2 is 2.00 bits per heavy atom. The molecule has 17 heavy (non-hydrogen) atoms. The number of hydrogen-bond acceptors (Lipinski definition) is 2. The average molecular weight is 231 g/mol. The van der Waals surface area contributed by atoms with Gasteiger partial charge < -0.3 is 5.73 Å². The number of rotatable bonds is 4. The van der Waals surface area contributed by atoms with E-state index in [9.17, 15) is 4.79 Å². The molecule has 0 fully saturated rings. The molecular formula is C15H21NO. The standard InChI is InChI=1S/C15H21NO/c1-10(2)8-14(16)15(17)13-7-6-11-4-3-5-12(11)9-13/h6-7,9-10,14H,3-5,8,16H2,1-2H3/t14-/m1/s1. The number of Topliss-reactive ketones (excluding diaryl/α,β-unsaturated/α-hetero) is 1. The monoisotopic (exact) mass is 231 g/mol. The van der Waals surface area contributed by atoms with Crippen molar-refractivity contribution in [1.29, 1.82) is 0 Å². The van der Waals surface area contributed by atoms with Crippen molar-refractivity contribution >= 4 is 5.78 Å². The van der Waals surface area contributed by atoms with Crippen LogP contribution in [-0.2, 0) is 12.8 Å². The fourth-order valence-electron chi connectivity index (χ4n) is 2.55. The Bertz CT molecular complexity index is 423. The lowest BCUT2D eigenvalue weighted by molar-refractivity contribution is 0.0951. The van der Waals surface area contributed by atoms with Crippen LogP contribution in [0.4, 0.5) is 0 Å². The van der Waals surface area contributed by atoms with Crippen LogP contribution in [0.5, 0.6) is 0 Å². The molecule has 2 heteroatoms. The molecule has 0 radical (unpaired) electrons. The van der Waals surface area contributed by atoms with E-state index in [1.165, 1.54) is 17.5 Å². The number of ketones is 1. The molecule has 1 aliphatic rings. The van der Waals surface area contributed by atoms with Crippen molar-refractivity contribution in [2.24, 2.45) is 11.7 Å². The number of carbonyl (C=O) groups excluding carboxylic acids is 1. The highest BCUT2D eigenvalue weighted by atomic mass is 16.1. The number of carbonyl (C=O) groups is 1. The molecule has 0 bridgehead atoms. The molecule has 0 aromatic heterocycles. The maximum Gasteiger partial charge on any atom is 0.179 e. The van der Waals surface area contributed by atoms with Gasteiger partial charge in [-0.2, -0.15) is 0 Å². The molecule has 1 aromatic rings. The van der Waals surface area contributed by atoms with Gasteiger partial charge in [0.1, 0.15) is 0 Å². The van der Waals surface area contributed by atoms with E-state index in [1.54, 1.807) is 0 Å². The molecule has 0 amide bonds. The van der Waals surface area contributed by atoms with Gasteiger partial charge in [0.05, 0.1) is 6.04 Å². The summed E-state index contributed by atoms with van der Waals surface area (Å²) in [6, 6.07) is 5.73. The van der Waals surface area contributed by atoms with Crippen molar-refractivity contribution in [1.82, 2.24) is 0 Å². The minimum absolute atomic E-state index is 0.0911. The van der Waals surface area contributed by atoms with Gasteiger partial charge in [-0.05, 0) is 48.8 Å². The average Bonchev–Trinajstić information content (AvgIpc) is 2.73. The Kier molecular flexibility index (Phi) is 3.63. The van der Waals surface area contributed by atoms with Crippen LogP contribution in [0.25, 0.3) is 0 Å². The Hall–Kier alpha value is -1.15. The smallest absolute Gasteiger partial charge is 0.179 e. The van der Waals surface area contributed by atoms with Gasteiger partial charge in [0.25, 0.3) is 0 Å². The van der Waals surface area contributed by atoms with E-state index in [-0.39, 0.29) is 11.8 Å². The summed E-state index contributed by atoms with van der Waals surface area (Å²) in [6.45, 7) is 4.19. The highest BCUT2D eigenvalue weighted by Crippen LogP contribution is 2.23. The second kappa shape index (κ2) is 5.01. The van der Waals surface area contributed by atoms with E-state index < -0.39 is 0 Å². The number of fused-ring (bicyclic) bond motifs is 1. The molecule has 0 saturated heterocycles. The van der Waals surface area contributed by atoms with Gasteiger partial charge in [0.2, 0.25) is 0 Å². The zero-order valence-electron chi connectivity index (χ0n) is 10.7. The van der Waals surface area contributed by atoms with Crippen molar-refractivity contribution in [2.45, 2.75) is 45.6 Å². The van der Waals surface area contributed by atoms with Gasteiger partial charge in [0, 0.05) is 5.56 Å². The quantitative estimate of drug-likeness (QED) is 0.810. The molecule has 0 spiro atoms. The van der Waals surface area contributed by atoms with Crippen LogP contribution < -0.4 is 5.73 Å². The summed E-state index contributed by atoms with van der Waals surface area (Å²) < 4.78 is 0. The summed E-state index contributed by atoms with van der Waals surface area (Å²) in [6.07, 6.45) is 4.23. The van der Waals surface area contributed by atoms with E-state index in [1.807, 2.05) is 12.1 Å². The highest BCUT2D eigenvalue weighted by Gasteiger charge is 2.19. The van der Waals surface area contributed by atoms with Crippen molar-refractivity contribution in [3.05, 3.63) is 34.9 Å². The van der Waals surface area contributed by atoms with E-state index in [0.29, 0.717) is 5.92 Å². The Labute approximate surface area is 103 Å². The lowest BCUT2D eigenvalue weighted by Crippen LogP contribution is -2.32. The first-order valence-electron chi connectivity index (χ1n) is 6.49. The van der Waals surface area contributed by atoms with E-state index in [2.05, 4.69) is 19.9 Å². The summed E-state index contributed by atoms with van der Waals surface area (Å²) >= 11 is 0. The van der Waals surface area contributed by atoms with E-state index >= 15 is 0 Å². The summed E-state index contributed by atoms with van der Waals surface area (Å²) in [5.41, 5.74) is 9.48. The van der Waals surface area contributed by atoms with Crippen molar-refractivity contribution in [2.75, 3.05) is 0 Å². The SMILES string of the molecule is CC(C)C[C@@H](N)C(=O)c1ccc2c(c1)CCC2. The summed E-state index contributed by atoms with van der Waals surface area (Å²) in [5.74, 6) is 0.553. The number of aryl methyl sites for hydroxylation is 2. The molecular weight excluding hydrogens is 210 g/mol. The van der Waals surface area contributed by atoms with Crippen LogP contribution in [0, 0.1) is 5.92 Å². The maximum absolute atomic E-state index is 12.2. The van der Waals surface area contributed by atoms with Crippen LogP contribution in [0.2, 0.25) is 0 Å². The summed E-state index contributed by atoms with van der Waals surface area (Å²) in [4.78, 5) is 12.2. The normalized spacial score (nSPS) is 16.0. The van der Waals surface area contributed by atoms with Crippen molar-refractivity contribution < 1.29 is 4.79 Å². The largest absolute Gasteiger partial charge is 0.321 e. The molecule has 1 aromatic carbocycles. The fourth-order valence-corrected chi connectivity index (χ4v) is 2.55. The molecule has 0 heterocycles. The molecule has 1 atom stereocenters. The summed E-state index contributed by atoms with van der Waals surface area (Å²) in [7, 11) is 0. The predicted molar refractivity (Wildman–Crippen MR) is 70.2 cm³/mol. The molecule has 92 valence electrons. The molecule has 1 aliphatic carbocycles. The van der Waals surface area contributed by atoms with Gasteiger partial charge in [0.15, 0.2) is 5.78 Å². The van der Waals surface area contributed by atoms with Crippen LogP contribution in [0.1, 0.15) is 48.2 Å². The molecule has 2 rings (SSSR count). The second-order valence-corrected chi connectivity index (χ2v) is 5.44. The zero-order valence-corrected chi connectivity index (χ0v) is 10.7. The van der Waals surface area contributed by atoms with Crippen LogP contribution in [0.3, 0.4) is 0 Å². The van der Waals surface area contributed by atoms with E-state index in [4.69, 9.17) is 5.73 Å². The maximum atomic E-state index is 12.2. The van der Waals surface area contributed by atoms with Gasteiger partial charge >= 0.3 is 0 Å². The zero-order chi connectivity index (χ0) is 12.4. The number of benzene rings is 1. The van der Waals surface area contributed by atoms with Crippen LogP contribution in [0.15, 0.2) is 18.2 Å². The molecule has 2 nitrogen and oxygen atoms in total. The minimum Gasteiger partial charge on any atom is -0.321 e. The second-order valence-electron chi connectivity index (χ2n) is 5.44. The lowest BCUT2D eigenvalue weighted by Gasteiger charge is -2.13. The van der Waals surface area contributed by atoms with Gasteiger partial charge in [-0.3, -0.25) is 4.79 Å². The van der Waals surface area contributed by atoms with Crippen LogP contribution >= 0.6 is 0 Å². The van der Waals surface area contributed by atoms with Gasteiger partial charge in [-0.1, -0.05) is 26.0 Å². The van der Waals surface area contributed by atoms with Gasteiger partial charge in [-0.25, -0.2) is 0 Å². The third-order valence-corrected chi connectivity index (χ3v) is 3.45. The Morgan fingerprint density at radius 1 is 1.29 bits per heavy atom. The van der Waals surface area contributed by atoms with Gasteiger partial charge in [-0.15, -0.1) is 0 Å². The van der Waals surface area contributed by atoms with Crippen molar-refractivity contribution in [3.63, 3.8) is 0 Å². The first-order chi connectivity index (χ1) is 8.08. The molecule has 0 unspecified atom stereocenters. The Balaban J connectivity index is 2.14.